The van der Waals surface area contributed by atoms with Crippen molar-refractivity contribution in [3.63, 3.8) is 0 Å². The van der Waals surface area contributed by atoms with E-state index in [0.29, 0.717) is 36.4 Å². The van der Waals surface area contributed by atoms with Crippen LogP contribution < -0.4 is 0 Å². The van der Waals surface area contributed by atoms with Gasteiger partial charge in [0.2, 0.25) is 11.8 Å². The lowest BCUT2D eigenvalue weighted by Crippen LogP contribution is -2.10. The minimum Gasteiger partial charge on any atom is -0.474 e. The number of rotatable bonds is 6. The second-order valence-corrected chi connectivity index (χ2v) is 9.33. The second kappa shape index (κ2) is 8.68. The van der Waals surface area contributed by atoms with Crippen molar-refractivity contribution in [3.05, 3.63) is 102 Å². The zero-order valence-electron chi connectivity index (χ0n) is 19.6. The number of fused-ring (bicyclic) bond motifs is 2. The molecule has 0 aliphatic carbocycles. The van der Waals surface area contributed by atoms with Crippen molar-refractivity contribution in [2.45, 2.75) is 24.9 Å². The molecule has 2 aliphatic heterocycles. The van der Waals surface area contributed by atoms with Crippen LogP contribution in [-0.2, 0) is 22.3 Å². The molecule has 0 saturated carbocycles. The van der Waals surface area contributed by atoms with Crippen molar-refractivity contribution in [3.8, 4) is 0 Å². The zero-order chi connectivity index (χ0) is 23.9. The van der Waals surface area contributed by atoms with Crippen LogP contribution in [0.5, 0.6) is 0 Å². The Kier molecular flexibility index (Phi) is 5.05. The van der Waals surface area contributed by atoms with Crippen molar-refractivity contribution >= 4 is 33.6 Å². The van der Waals surface area contributed by atoms with E-state index >= 15 is 0 Å². The van der Waals surface area contributed by atoms with Crippen molar-refractivity contribution in [2.75, 3.05) is 13.2 Å². The number of H-pyrrole nitrogens is 2. The highest BCUT2D eigenvalue weighted by Crippen LogP contribution is 2.24. The van der Waals surface area contributed by atoms with E-state index in [1.165, 1.54) is 21.9 Å². The standard InChI is InChI=1S/C29H25N5O2/c1-3-8-24-22(6-1)18(14-30-24)12-20-16-35-28(32-20)26-10-5-11-27(34-26)29-33-21(17-36-29)13-19-15-31-25-9-4-2-7-23(19)25/h1-11,14-15,20-21,30-31H,12-13,16-17H2/t20-,21-/m0/s1. The summed E-state index contributed by atoms with van der Waals surface area (Å²) >= 11 is 0. The number of aliphatic imine (C=N–C) groups is 2. The van der Waals surface area contributed by atoms with Gasteiger partial charge in [0, 0.05) is 47.0 Å². The summed E-state index contributed by atoms with van der Waals surface area (Å²) < 4.78 is 11.9. The van der Waals surface area contributed by atoms with Gasteiger partial charge in [0.1, 0.15) is 24.6 Å². The predicted octanol–water partition coefficient (Wildman–Crippen LogP) is 4.82. The minimum absolute atomic E-state index is 0.0605. The van der Waals surface area contributed by atoms with E-state index < -0.39 is 0 Å². The minimum atomic E-state index is 0.0605. The molecule has 0 bridgehead atoms. The summed E-state index contributed by atoms with van der Waals surface area (Å²) in [6.45, 7) is 1.09. The second-order valence-electron chi connectivity index (χ2n) is 9.33. The van der Waals surface area contributed by atoms with E-state index in [1.807, 2.05) is 30.3 Å². The maximum atomic E-state index is 5.96. The van der Waals surface area contributed by atoms with Gasteiger partial charge >= 0.3 is 0 Å². The predicted molar refractivity (Wildman–Crippen MR) is 141 cm³/mol. The lowest BCUT2D eigenvalue weighted by molar-refractivity contribution is 0.314. The molecule has 3 aromatic heterocycles. The monoisotopic (exact) mass is 475 g/mol. The number of aromatic nitrogens is 3. The van der Waals surface area contributed by atoms with Gasteiger partial charge in [-0.25, -0.2) is 15.0 Å². The largest absolute Gasteiger partial charge is 0.474 e. The number of hydrogen-bond acceptors (Lipinski definition) is 5. The third kappa shape index (κ3) is 3.82. The van der Waals surface area contributed by atoms with Crippen LogP contribution in [0.1, 0.15) is 22.5 Å². The molecule has 5 aromatic rings. The molecule has 5 heterocycles. The number of para-hydroxylation sites is 2. The van der Waals surface area contributed by atoms with Crippen LogP contribution in [-0.4, -0.2) is 52.0 Å². The number of nitrogens with zero attached hydrogens (tertiary/aromatic N) is 3. The van der Waals surface area contributed by atoms with Gasteiger partial charge in [0.05, 0.1) is 12.1 Å². The molecule has 7 rings (SSSR count). The van der Waals surface area contributed by atoms with E-state index in [4.69, 9.17) is 24.4 Å². The Morgan fingerprint density at radius 1 is 0.639 bits per heavy atom. The van der Waals surface area contributed by atoms with E-state index in [9.17, 15) is 0 Å². The topological polar surface area (TPSA) is 87.6 Å². The molecule has 2 aromatic carbocycles. The van der Waals surface area contributed by atoms with Crippen LogP contribution in [0.2, 0.25) is 0 Å². The lowest BCUT2D eigenvalue weighted by Gasteiger charge is -2.04. The molecule has 178 valence electrons. The fourth-order valence-corrected chi connectivity index (χ4v) is 5.10. The molecule has 36 heavy (non-hydrogen) atoms. The molecule has 0 radical (unpaired) electrons. The molecule has 0 saturated heterocycles. The van der Waals surface area contributed by atoms with Crippen molar-refractivity contribution in [2.24, 2.45) is 9.98 Å². The first kappa shape index (κ1) is 20.9. The molecule has 2 N–H and O–H groups in total. The van der Waals surface area contributed by atoms with Gasteiger partial charge in [-0.15, -0.1) is 0 Å². The first-order valence-corrected chi connectivity index (χ1v) is 12.3. The number of ether oxygens (including phenoxy) is 2. The first-order chi connectivity index (χ1) is 17.8. The third-order valence-corrected chi connectivity index (χ3v) is 6.87. The summed E-state index contributed by atoms with van der Waals surface area (Å²) in [6, 6.07) is 22.6. The van der Waals surface area contributed by atoms with Gasteiger partial charge in [-0.3, -0.25) is 0 Å². The highest BCUT2D eigenvalue weighted by molar-refractivity contribution is 5.97. The Morgan fingerprint density at radius 2 is 1.14 bits per heavy atom. The molecule has 0 amide bonds. The highest BCUT2D eigenvalue weighted by Gasteiger charge is 2.25. The SMILES string of the molecule is c1cc(C2=N[C@@H](Cc3c[nH]c4ccccc34)CO2)nc(C2=N[C@@H](Cc3c[nH]c4ccccc34)CO2)c1. The zero-order valence-corrected chi connectivity index (χ0v) is 19.6. The summed E-state index contributed by atoms with van der Waals surface area (Å²) in [4.78, 5) is 21.1. The molecular weight excluding hydrogens is 450 g/mol. The number of nitrogens with one attached hydrogen (secondary N) is 2. The smallest absolute Gasteiger partial charge is 0.235 e. The van der Waals surface area contributed by atoms with Crippen molar-refractivity contribution < 1.29 is 9.47 Å². The van der Waals surface area contributed by atoms with Crippen LogP contribution in [0.3, 0.4) is 0 Å². The van der Waals surface area contributed by atoms with Gasteiger partial charge in [0.25, 0.3) is 0 Å². The normalized spacial score (nSPS) is 19.3. The maximum absolute atomic E-state index is 5.96. The van der Waals surface area contributed by atoms with Gasteiger partial charge in [-0.2, -0.15) is 0 Å². The Bertz CT molecular complexity index is 1510. The summed E-state index contributed by atoms with van der Waals surface area (Å²) in [5.74, 6) is 1.16. The Labute approximate surface area is 207 Å². The number of aromatic amines is 2. The molecule has 0 unspecified atom stereocenters. The first-order valence-electron chi connectivity index (χ1n) is 12.3. The van der Waals surface area contributed by atoms with Crippen molar-refractivity contribution in [1.29, 1.82) is 0 Å². The molecule has 0 fully saturated rings. The fraction of sp³-hybridized carbons (Fsp3) is 0.207. The van der Waals surface area contributed by atoms with Gasteiger partial charge in [-0.05, 0) is 35.4 Å². The van der Waals surface area contributed by atoms with Crippen LogP contribution in [0.25, 0.3) is 21.8 Å². The fourth-order valence-electron chi connectivity index (χ4n) is 5.10. The Balaban J connectivity index is 1.07. The molecular formula is C29H25N5O2. The highest BCUT2D eigenvalue weighted by atomic mass is 16.5. The number of hydrogen-bond donors (Lipinski definition) is 2. The average molecular weight is 476 g/mol. The van der Waals surface area contributed by atoms with Crippen LogP contribution in [0.4, 0.5) is 0 Å². The van der Waals surface area contributed by atoms with Crippen LogP contribution in [0, 0.1) is 0 Å². The maximum Gasteiger partial charge on any atom is 0.235 e. The summed E-state index contributed by atoms with van der Waals surface area (Å²) in [6.07, 6.45) is 5.77. The summed E-state index contributed by atoms with van der Waals surface area (Å²) in [5.41, 5.74) is 6.21. The summed E-state index contributed by atoms with van der Waals surface area (Å²) in [5, 5.41) is 2.47. The van der Waals surface area contributed by atoms with E-state index in [1.54, 1.807) is 0 Å². The van der Waals surface area contributed by atoms with E-state index in [-0.39, 0.29) is 12.1 Å². The Hall–Kier alpha value is -4.39. The van der Waals surface area contributed by atoms with Crippen LogP contribution >= 0.6 is 0 Å². The quantitative estimate of drug-likeness (QED) is 0.369. The molecule has 0 spiro atoms. The molecule has 2 aliphatic rings. The van der Waals surface area contributed by atoms with E-state index in [0.717, 1.165) is 23.9 Å². The number of benzene rings is 2. The Morgan fingerprint density at radius 3 is 1.67 bits per heavy atom. The lowest BCUT2D eigenvalue weighted by atomic mass is 10.1. The van der Waals surface area contributed by atoms with Gasteiger partial charge < -0.3 is 19.4 Å². The van der Waals surface area contributed by atoms with E-state index in [2.05, 4.69) is 58.8 Å². The average Bonchev–Trinajstić information content (AvgIpc) is 3.73. The van der Waals surface area contributed by atoms with Crippen LogP contribution in [0.15, 0.2) is 89.1 Å². The summed E-state index contributed by atoms with van der Waals surface area (Å²) in [7, 11) is 0. The molecule has 7 nitrogen and oxygen atoms in total. The van der Waals surface area contributed by atoms with Crippen molar-refractivity contribution in [1.82, 2.24) is 15.0 Å². The molecule has 2 atom stereocenters. The number of pyridine rings is 1. The van der Waals surface area contributed by atoms with Gasteiger partial charge in [-0.1, -0.05) is 42.5 Å². The molecule has 7 heteroatoms. The third-order valence-electron chi connectivity index (χ3n) is 6.87. The van der Waals surface area contributed by atoms with Gasteiger partial charge in [0.15, 0.2) is 0 Å².